The van der Waals surface area contributed by atoms with Gasteiger partial charge in [0.05, 0.1) is 0 Å². The first-order valence-corrected chi connectivity index (χ1v) is 8.44. The van der Waals surface area contributed by atoms with Crippen molar-refractivity contribution in [1.29, 1.82) is 0 Å². The molecule has 1 aliphatic rings. The van der Waals surface area contributed by atoms with Crippen LogP contribution in [0.2, 0.25) is 0 Å². The van der Waals surface area contributed by atoms with Crippen molar-refractivity contribution in [3.63, 3.8) is 0 Å². The number of allylic oxidation sites excluding steroid dienone is 5. The molecular formula is C20H32N2. The molecule has 0 unspecified atom stereocenters. The third-order valence-electron chi connectivity index (χ3n) is 4.45. The van der Waals surface area contributed by atoms with Crippen LogP contribution in [0.15, 0.2) is 46.4 Å². The lowest BCUT2D eigenvalue weighted by molar-refractivity contribution is 0.419. The molecule has 0 aliphatic heterocycles. The van der Waals surface area contributed by atoms with E-state index in [9.17, 15) is 0 Å². The second-order valence-corrected chi connectivity index (χ2v) is 6.71. The number of aliphatic imine (C=N–C) groups is 2. The van der Waals surface area contributed by atoms with Gasteiger partial charge in [0.25, 0.3) is 0 Å². The second kappa shape index (κ2) is 9.55. The van der Waals surface area contributed by atoms with Crippen LogP contribution in [-0.4, -0.2) is 26.0 Å². The maximum Gasteiger partial charge on any atom is 0.0476 e. The summed E-state index contributed by atoms with van der Waals surface area (Å²) in [6.45, 7) is 8.39. The summed E-state index contributed by atoms with van der Waals surface area (Å²) in [6, 6.07) is 0. The molecule has 0 radical (unpaired) electrons. The quantitative estimate of drug-likeness (QED) is 0.443. The summed E-state index contributed by atoms with van der Waals surface area (Å²) in [5, 5.41) is 0. The minimum absolute atomic E-state index is 0.0348. The summed E-state index contributed by atoms with van der Waals surface area (Å²) in [6.07, 6.45) is 18.3. The fourth-order valence-corrected chi connectivity index (χ4v) is 3.13. The fraction of sp³-hybridized carbons (Fsp3) is 0.600. The fourth-order valence-electron chi connectivity index (χ4n) is 3.13. The number of hydrogen-bond acceptors (Lipinski definition) is 2. The van der Waals surface area contributed by atoms with Crippen LogP contribution in [0.5, 0.6) is 0 Å². The van der Waals surface area contributed by atoms with Crippen molar-refractivity contribution in [2.24, 2.45) is 21.3 Å². The standard InChI is InChI=1S/C20H32N2/c1-6-18(14-10-13-17-11-8-7-9-12-17)19(22-5)20(2,3)15-16-21-4/h6,10,13-14,16-17H,1,7-9,11-12,15H2,2-5H3/b13-10+,18-14+,21-16+,22-19-. The van der Waals surface area contributed by atoms with Crippen LogP contribution < -0.4 is 0 Å². The molecule has 0 aromatic rings. The van der Waals surface area contributed by atoms with E-state index in [1.165, 1.54) is 32.1 Å². The molecule has 1 fully saturated rings. The van der Waals surface area contributed by atoms with Crippen molar-refractivity contribution in [2.45, 2.75) is 52.4 Å². The molecule has 0 saturated heterocycles. The van der Waals surface area contributed by atoms with E-state index in [2.05, 4.69) is 48.6 Å². The topological polar surface area (TPSA) is 24.7 Å². The Balaban J connectivity index is 2.84. The molecular weight excluding hydrogens is 268 g/mol. The molecule has 1 rings (SSSR count). The summed E-state index contributed by atoms with van der Waals surface area (Å²) >= 11 is 0. The van der Waals surface area contributed by atoms with E-state index in [1.54, 1.807) is 0 Å². The summed E-state index contributed by atoms with van der Waals surface area (Å²) in [5.41, 5.74) is 2.17. The van der Waals surface area contributed by atoms with Gasteiger partial charge in [-0.3, -0.25) is 4.99 Å². The predicted molar refractivity (Wildman–Crippen MR) is 100 cm³/mol. The Morgan fingerprint density at radius 2 is 1.86 bits per heavy atom. The van der Waals surface area contributed by atoms with E-state index in [-0.39, 0.29) is 5.41 Å². The van der Waals surface area contributed by atoms with Gasteiger partial charge in [0, 0.05) is 25.2 Å². The van der Waals surface area contributed by atoms with Crippen LogP contribution in [-0.2, 0) is 0 Å². The van der Waals surface area contributed by atoms with Crippen LogP contribution in [0, 0.1) is 11.3 Å². The minimum Gasteiger partial charge on any atom is -0.301 e. The highest BCUT2D eigenvalue weighted by Gasteiger charge is 2.25. The second-order valence-electron chi connectivity index (χ2n) is 6.71. The van der Waals surface area contributed by atoms with Gasteiger partial charge < -0.3 is 4.99 Å². The van der Waals surface area contributed by atoms with E-state index < -0.39 is 0 Å². The Labute approximate surface area is 136 Å². The highest BCUT2D eigenvalue weighted by atomic mass is 14.7. The van der Waals surface area contributed by atoms with Gasteiger partial charge in [-0.25, -0.2) is 0 Å². The first-order chi connectivity index (χ1) is 10.5. The van der Waals surface area contributed by atoms with Crippen LogP contribution in [0.4, 0.5) is 0 Å². The monoisotopic (exact) mass is 300 g/mol. The predicted octanol–water partition coefficient (Wildman–Crippen LogP) is 5.42. The van der Waals surface area contributed by atoms with Gasteiger partial charge in [-0.05, 0) is 37.0 Å². The lowest BCUT2D eigenvalue weighted by Crippen LogP contribution is -2.26. The Morgan fingerprint density at radius 1 is 1.18 bits per heavy atom. The third kappa shape index (κ3) is 5.75. The molecule has 0 N–H and O–H groups in total. The molecule has 1 saturated carbocycles. The van der Waals surface area contributed by atoms with E-state index in [4.69, 9.17) is 0 Å². The van der Waals surface area contributed by atoms with Crippen LogP contribution in [0.3, 0.4) is 0 Å². The Kier molecular flexibility index (Phi) is 8.08. The van der Waals surface area contributed by atoms with E-state index in [1.807, 2.05) is 26.4 Å². The first kappa shape index (κ1) is 18.6. The number of rotatable bonds is 7. The summed E-state index contributed by atoms with van der Waals surface area (Å²) in [4.78, 5) is 8.64. The van der Waals surface area contributed by atoms with Gasteiger partial charge in [0.1, 0.15) is 0 Å². The van der Waals surface area contributed by atoms with Gasteiger partial charge in [-0.2, -0.15) is 0 Å². The summed E-state index contributed by atoms with van der Waals surface area (Å²) < 4.78 is 0. The zero-order chi connectivity index (χ0) is 16.4. The highest BCUT2D eigenvalue weighted by molar-refractivity contribution is 6.07. The molecule has 0 heterocycles. The zero-order valence-corrected chi connectivity index (χ0v) is 14.8. The molecule has 0 atom stereocenters. The Morgan fingerprint density at radius 3 is 2.41 bits per heavy atom. The average molecular weight is 300 g/mol. The van der Waals surface area contributed by atoms with Gasteiger partial charge in [-0.15, -0.1) is 0 Å². The van der Waals surface area contributed by atoms with Gasteiger partial charge in [0.2, 0.25) is 0 Å². The minimum atomic E-state index is -0.0348. The van der Waals surface area contributed by atoms with Crippen LogP contribution in [0.1, 0.15) is 52.4 Å². The normalized spacial score (nSPS) is 19.3. The third-order valence-corrected chi connectivity index (χ3v) is 4.45. The molecule has 0 amide bonds. The maximum absolute atomic E-state index is 4.53. The van der Waals surface area contributed by atoms with E-state index in [0.717, 1.165) is 23.6 Å². The van der Waals surface area contributed by atoms with Gasteiger partial charge in [-0.1, -0.05) is 64.0 Å². The Bertz CT molecular complexity index is 458. The molecule has 2 heteroatoms. The van der Waals surface area contributed by atoms with Gasteiger partial charge in [0.15, 0.2) is 0 Å². The van der Waals surface area contributed by atoms with Crippen molar-refractivity contribution < 1.29 is 0 Å². The van der Waals surface area contributed by atoms with Crippen molar-refractivity contribution in [1.82, 2.24) is 0 Å². The van der Waals surface area contributed by atoms with Crippen LogP contribution in [0.25, 0.3) is 0 Å². The summed E-state index contributed by atoms with van der Waals surface area (Å²) in [5.74, 6) is 0.748. The smallest absolute Gasteiger partial charge is 0.0476 e. The molecule has 22 heavy (non-hydrogen) atoms. The zero-order valence-electron chi connectivity index (χ0n) is 14.8. The highest BCUT2D eigenvalue weighted by Crippen LogP contribution is 2.27. The molecule has 122 valence electrons. The van der Waals surface area contributed by atoms with Crippen molar-refractivity contribution in [2.75, 3.05) is 14.1 Å². The van der Waals surface area contributed by atoms with Gasteiger partial charge >= 0.3 is 0 Å². The Hall–Kier alpha value is -1.44. The van der Waals surface area contributed by atoms with Crippen LogP contribution >= 0.6 is 0 Å². The first-order valence-electron chi connectivity index (χ1n) is 8.44. The number of nitrogens with zero attached hydrogens (tertiary/aromatic N) is 2. The summed E-state index contributed by atoms with van der Waals surface area (Å²) in [7, 11) is 3.68. The lowest BCUT2D eigenvalue weighted by Gasteiger charge is -2.25. The molecule has 1 aliphatic carbocycles. The van der Waals surface area contributed by atoms with Crippen molar-refractivity contribution in [3.8, 4) is 0 Å². The van der Waals surface area contributed by atoms with E-state index >= 15 is 0 Å². The lowest BCUT2D eigenvalue weighted by atomic mass is 9.80. The molecule has 0 spiro atoms. The average Bonchev–Trinajstić information content (AvgIpc) is 2.53. The number of hydrogen-bond donors (Lipinski definition) is 0. The molecule has 0 aromatic carbocycles. The maximum atomic E-state index is 4.53. The molecule has 0 aromatic heterocycles. The SMILES string of the molecule is C=CC(=C\C=C\C1CCCCC1)/C(=N/C)C(C)(C)C/C=N/C. The van der Waals surface area contributed by atoms with E-state index in [0.29, 0.717) is 0 Å². The van der Waals surface area contributed by atoms with Crippen molar-refractivity contribution in [3.05, 3.63) is 36.5 Å². The molecule has 0 bridgehead atoms. The largest absolute Gasteiger partial charge is 0.301 e. The molecule has 2 nitrogen and oxygen atoms in total. The van der Waals surface area contributed by atoms with Crippen molar-refractivity contribution >= 4 is 11.9 Å².